The van der Waals surface area contributed by atoms with Crippen LogP contribution in [0.5, 0.6) is 5.75 Å². The second kappa shape index (κ2) is 8.96. The number of thiophene rings is 1. The van der Waals surface area contributed by atoms with E-state index in [1.54, 1.807) is 24.6 Å². The van der Waals surface area contributed by atoms with Gasteiger partial charge < -0.3 is 10.1 Å². The molecular formula is C20H19BrN2O2S. The van der Waals surface area contributed by atoms with Crippen molar-refractivity contribution in [1.29, 1.82) is 0 Å². The molecule has 0 atom stereocenters. The highest BCUT2D eigenvalue weighted by Gasteiger charge is 2.09. The van der Waals surface area contributed by atoms with Gasteiger partial charge >= 0.3 is 0 Å². The first kappa shape index (κ1) is 18.6. The molecule has 0 bridgehead atoms. The summed E-state index contributed by atoms with van der Waals surface area (Å²) in [6.45, 7) is 0.478. The van der Waals surface area contributed by atoms with E-state index in [-0.39, 0.29) is 5.91 Å². The smallest absolute Gasteiger partial charge is 0.220 e. The number of carbonyl (C=O) groups excluding carboxylic acids is 1. The minimum atomic E-state index is 0.0259. The number of benzene rings is 1. The highest BCUT2D eigenvalue weighted by atomic mass is 79.9. The number of halogens is 1. The molecule has 2 heterocycles. The molecule has 3 aromatic rings. The van der Waals surface area contributed by atoms with Gasteiger partial charge in [0.1, 0.15) is 5.75 Å². The quantitative estimate of drug-likeness (QED) is 0.583. The first-order valence-electron chi connectivity index (χ1n) is 8.24. The zero-order valence-corrected chi connectivity index (χ0v) is 16.8. The average Bonchev–Trinajstić information content (AvgIpc) is 3.19. The average molecular weight is 431 g/mol. The topological polar surface area (TPSA) is 51.2 Å². The van der Waals surface area contributed by atoms with E-state index >= 15 is 0 Å². The van der Waals surface area contributed by atoms with E-state index in [0.29, 0.717) is 19.4 Å². The van der Waals surface area contributed by atoms with Crippen LogP contribution in [0, 0.1) is 0 Å². The van der Waals surface area contributed by atoms with E-state index in [1.165, 1.54) is 0 Å². The molecule has 2 aromatic heterocycles. The van der Waals surface area contributed by atoms with Crippen molar-refractivity contribution in [3.63, 3.8) is 0 Å². The predicted molar refractivity (Wildman–Crippen MR) is 108 cm³/mol. The standard InChI is InChI=1S/C20H19BrN2O2S/c1-25-17-8-6-14(12-16(17)21)7-9-19(24)23-13-15-4-2-10-22-20(15)18-5-3-11-26-18/h2-6,8,10-12H,7,9,13H2,1H3,(H,23,24). The molecule has 26 heavy (non-hydrogen) atoms. The van der Waals surface area contributed by atoms with Crippen LogP contribution >= 0.6 is 27.3 Å². The van der Waals surface area contributed by atoms with Gasteiger partial charge in [-0.3, -0.25) is 9.78 Å². The van der Waals surface area contributed by atoms with Crippen LogP contribution in [0.3, 0.4) is 0 Å². The molecule has 1 N–H and O–H groups in total. The number of aromatic nitrogens is 1. The number of methoxy groups -OCH3 is 1. The van der Waals surface area contributed by atoms with Crippen molar-refractivity contribution in [3.8, 4) is 16.3 Å². The summed E-state index contributed by atoms with van der Waals surface area (Å²) in [5.74, 6) is 0.814. The molecular weight excluding hydrogens is 412 g/mol. The lowest BCUT2D eigenvalue weighted by molar-refractivity contribution is -0.121. The molecule has 4 nitrogen and oxygen atoms in total. The summed E-state index contributed by atoms with van der Waals surface area (Å²) in [6, 6.07) is 13.8. The Morgan fingerprint density at radius 2 is 2.15 bits per heavy atom. The molecule has 0 saturated heterocycles. The van der Waals surface area contributed by atoms with E-state index in [1.807, 2.05) is 47.8 Å². The monoisotopic (exact) mass is 430 g/mol. The zero-order chi connectivity index (χ0) is 18.4. The van der Waals surface area contributed by atoms with Crippen LogP contribution < -0.4 is 10.1 Å². The van der Waals surface area contributed by atoms with E-state index in [2.05, 4.69) is 26.2 Å². The number of nitrogens with zero attached hydrogens (tertiary/aromatic N) is 1. The Bertz CT molecular complexity index is 881. The van der Waals surface area contributed by atoms with Crippen LogP contribution in [0.1, 0.15) is 17.5 Å². The molecule has 0 unspecified atom stereocenters. The Morgan fingerprint density at radius 3 is 2.88 bits per heavy atom. The number of amides is 1. The lowest BCUT2D eigenvalue weighted by atomic mass is 10.1. The van der Waals surface area contributed by atoms with E-state index in [9.17, 15) is 4.79 Å². The third kappa shape index (κ3) is 4.71. The lowest BCUT2D eigenvalue weighted by Gasteiger charge is -2.09. The van der Waals surface area contributed by atoms with E-state index < -0.39 is 0 Å². The summed E-state index contributed by atoms with van der Waals surface area (Å²) in [6.07, 6.45) is 2.90. The Balaban J connectivity index is 1.56. The molecule has 3 rings (SSSR count). The molecule has 0 aliphatic rings. The minimum Gasteiger partial charge on any atom is -0.496 e. The summed E-state index contributed by atoms with van der Waals surface area (Å²) in [7, 11) is 1.64. The fraction of sp³-hybridized carbons (Fsp3) is 0.200. The second-order valence-electron chi connectivity index (χ2n) is 5.73. The van der Waals surface area contributed by atoms with Gasteiger partial charge in [0, 0.05) is 19.2 Å². The summed E-state index contributed by atoms with van der Waals surface area (Å²) in [5.41, 5.74) is 3.05. The molecule has 0 aliphatic carbocycles. The Kier molecular flexibility index (Phi) is 6.41. The third-order valence-electron chi connectivity index (χ3n) is 3.98. The second-order valence-corrected chi connectivity index (χ2v) is 7.54. The van der Waals surface area contributed by atoms with Gasteiger partial charge in [-0.25, -0.2) is 0 Å². The SMILES string of the molecule is COc1ccc(CCC(=O)NCc2cccnc2-c2cccs2)cc1Br. The van der Waals surface area contributed by atoms with Gasteiger partial charge in [0.15, 0.2) is 0 Å². The molecule has 0 radical (unpaired) electrons. The molecule has 134 valence electrons. The largest absolute Gasteiger partial charge is 0.496 e. The molecule has 1 aromatic carbocycles. The summed E-state index contributed by atoms with van der Waals surface area (Å²) in [4.78, 5) is 17.8. The maximum atomic E-state index is 12.2. The fourth-order valence-electron chi connectivity index (χ4n) is 2.62. The Hall–Kier alpha value is -2.18. The number of hydrogen-bond donors (Lipinski definition) is 1. The highest BCUT2D eigenvalue weighted by Crippen LogP contribution is 2.27. The summed E-state index contributed by atoms with van der Waals surface area (Å²) in [5, 5.41) is 5.03. The molecule has 0 aliphatic heterocycles. The number of pyridine rings is 1. The van der Waals surface area contributed by atoms with E-state index in [0.717, 1.165) is 31.9 Å². The fourth-order valence-corrected chi connectivity index (χ4v) is 3.97. The molecule has 0 spiro atoms. The van der Waals surface area contributed by atoms with Gasteiger partial charge in [-0.15, -0.1) is 11.3 Å². The first-order chi connectivity index (χ1) is 12.7. The summed E-state index contributed by atoms with van der Waals surface area (Å²) >= 11 is 5.12. The van der Waals surface area contributed by atoms with Crippen LogP contribution in [0.15, 0.2) is 58.5 Å². The van der Waals surface area contributed by atoms with Gasteiger partial charge in [-0.2, -0.15) is 0 Å². The number of carbonyl (C=O) groups is 1. The van der Waals surface area contributed by atoms with Gasteiger partial charge in [-0.1, -0.05) is 18.2 Å². The zero-order valence-electron chi connectivity index (χ0n) is 14.4. The van der Waals surface area contributed by atoms with Crippen molar-refractivity contribution >= 4 is 33.2 Å². The van der Waals surface area contributed by atoms with Crippen LogP contribution in [0.2, 0.25) is 0 Å². The van der Waals surface area contributed by atoms with Crippen molar-refractivity contribution in [2.75, 3.05) is 7.11 Å². The van der Waals surface area contributed by atoms with Crippen LogP contribution in [-0.2, 0) is 17.8 Å². The predicted octanol–water partition coefficient (Wildman–Crippen LogP) is 4.83. The summed E-state index contributed by atoms with van der Waals surface area (Å²) < 4.78 is 6.12. The van der Waals surface area contributed by atoms with Gasteiger partial charge in [0.25, 0.3) is 0 Å². The molecule has 0 saturated carbocycles. The van der Waals surface area contributed by atoms with Gasteiger partial charge in [0.2, 0.25) is 5.91 Å². The number of ether oxygens (including phenoxy) is 1. The lowest BCUT2D eigenvalue weighted by Crippen LogP contribution is -2.23. The van der Waals surface area contributed by atoms with Gasteiger partial charge in [-0.05, 0) is 63.1 Å². The highest BCUT2D eigenvalue weighted by molar-refractivity contribution is 9.10. The van der Waals surface area contributed by atoms with Crippen LogP contribution in [0.4, 0.5) is 0 Å². The normalized spacial score (nSPS) is 10.5. The van der Waals surface area contributed by atoms with Crippen molar-refractivity contribution < 1.29 is 9.53 Å². The molecule has 1 amide bonds. The number of hydrogen-bond acceptors (Lipinski definition) is 4. The first-order valence-corrected chi connectivity index (χ1v) is 9.91. The van der Waals surface area contributed by atoms with E-state index in [4.69, 9.17) is 4.74 Å². The van der Waals surface area contributed by atoms with Crippen LogP contribution in [-0.4, -0.2) is 18.0 Å². The third-order valence-corrected chi connectivity index (χ3v) is 5.48. The van der Waals surface area contributed by atoms with Crippen LogP contribution in [0.25, 0.3) is 10.6 Å². The Labute approximate surface area is 165 Å². The molecule has 0 fully saturated rings. The maximum absolute atomic E-state index is 12.2. The maximum Gasteiger partial charge on any atom is 0.220 e. The van der Waals surface area contributed by atoms with Gasteiger partial charge in [0.05, 0.1) is 22.2 Å². The molecule has 6 heteroatoms. The van der Waals surface area contributed by atoms with Crippen molar-refractivity contribution in [3.05, 3.63) is 69.6 Å². The minimum absolute atomic E-state index is 0.0259. The van der Waals surface area contributed by atoms with Crippen molar-refractivity contribution in [1.82, 2.24) is 10.3 Å². The van der Waals surface area contributed by atoms with Crippen molar-refractivity contribution in [2.24, 2.45) is 0 Å². The number of rotatable bonds is 7. The van der Waals surface area contributed by atoms with Crippen molar-refractivity contribution in [2.45, 2.75) is 19.4 Å². The Morgan fingerprint density at radius 1 is 1.27 bits per heavy atom. The number of nitrogens with one attached hydrogen (secondary N) is 1. The number of aryl methyl sites for hydroxylation is 1.